The van der Waals surface area contributed by atoms with Crippen LogP contribution in [0.4, 0.5) is 0 Å². The lowest BCUT2D eigenvalue weighted by Crippen LogP contribution is -1.93. The topological polar surface area (TPSA) is 30.0 Å². The molecule has 4 heteroatoms. The van der Waals surface area contributed by atoms with E-state index >= 15 is 0 Å². The van der Waals surface area contributed by atoms with Gasteiger partial charge in [0, 0.05) is 16.4 Å². The Hall–Kier alpha value is -0.350. The highest BCUT2D eigenvalue weighted by Crippen LogP contribution is 2.21. The molecule has 0 saturated heterocycles. The van der Waals surface area contributed by atoms with Gasteiger partial charge in [-0.15, -0.1) is 11.3 Å². The molecule has 0 radical (unpaired) electrons. The second kappa shape index (κ2) is 5.40. The zero-order valence-electron chi connectivity index (χ0n) is 7.82. The molecule has 1 unspecified atom stereocenters. The van der Waals surface area contributed by atoms with Gasteiger partial charge in [0.1, 0.15) is 10.7 Å². The molecule has 72 valence electrons. The average Bonchev–Trinajstić information content (AvgIpc) is 2.61. The van der Waals surface area contributed by atoms with Gasteiger partial charge >= 0.3 is 0 Å². The van der Waals surface area contributed by atoms with Crippen molar-refractivity contribution in [2.75, 3.05) is 0 Å². The molecule has 1 atom stereocenters. The Balaban J connectivity index is 2.40. The van der Waals surface area contributed by atoms with Crippen LogP contribution < -0.4 is 0 Å². The third-order valence-electron chi connectivity index (χ3n) is 1.76. The first-order valence-electron chi connectivity index (χ1n) is 4.27. The normalized spacial score (nSPS) is 12.8. The fourth-order valence-electron chi connectivity index (χ4n) is 0.777. The maximum absolute atomic E-state index is 10.4. The lowest BCUT2D eigenvalue weighted by atomic mass is 10.4. The molecule has 0 amide bonds. The minimum absolute atomic E-state index is 0.560. The Morgan fingerprint density at radius 3 is 3.08 bits per heavy atom. The minimum Gasteiger partial charge on any atom is -0.296 e. The van der Waals surface area contributed by atoms with Crippen LogP contribution in [0.25, 0.3) is 0 Å². The number of carbonyl (C=O) groups excluding carboxylic acids is 1. The van der Waals surface area contributed by atoms with Crippen LogP contribution in [0.15, 0.2) is 5.38 Å². The van der Waals surface area contributed by atoms with Crippen molar-refractivity contribution in [1.82, 2.24) is 4.98 Å². The Morgan fingerprint density at radius 1 is 1.77 bits per heavy atom. The van der Waals surface area contributed by atoms with Crippen LogP contribution in [0, 0.1) is 0 Å². The third kappa shape index (κ3) is 3.48. The second-order valence-corrected chi connectivity index (χ2v) is 5.18. The van der Waals surface area contributed by atoms with E-state index in [1.807, 2.05) is 11.8 Å². The monoisotopic (exact) mass is 215 g/mol. The lowest BCUT2D eigenvalue weighted by Gasteiger charge is -2.04. The molecule has 0 aliphatic rings. The molecule has 0 N–H and O–H groups in total. The molecule has 1 rings (SSSR count). The summed E-state index contributed by atoms with van der Waals surface area (Å²) in [6, 6.07) is 0. The number of hydrogen-bond donors (Lipinski definition) is 0. The molecule has 0 fully saturated rings. The molecular formula is C9H13NOS2. The molecule has 1 heterocycles. The Bertz CT molecular complexity index is 272. The van der Waals surface area contributed by atoms with E-state index in [2.05, 4.69) is 18.8 Å². The van der Waals surface area contributed by atoms with Gasteiger partial charge in [-0.1, -0.05) is 13.8 Å². The standard InChI is InChI=1S/C9H13NOS2/c1-3-7(2)12-6-9-10-8(4-11)5-13-9/h4-5,7H,3,6H2,1-2H3. The van der Waals surface area contributed by atoms with Gasteiger partial charge in [-0.3, -0.25) is 4.79 Å². The molecule has 0 spiro atoms. The minimum atomic E-state index is 0.560. The number of carbonyl (C=O) groups is 1. The van der Waals surface area contributed by atoms with Gasteiger partial charge in [-0.2, -0.15) is 11.8 Å². The first kappa shape index (κ1) is 10.7. The first-order chi connectivity index (χ1) is 6.26. The summed E-state index contributed by atoms with van der Waals surface area (Å²) in [5.74, 6) is 0.924. The van der Waals surface area contributed by atoms with E-state index in [1.54, 1.807) is 16.7 Å². The molecule has 13 heavy (non-hydrogen) atoms. The smallest absolute Gasteiger partial charge is 0.169 e. The van der Waals surface area contributed by atoms with Gasteiger partial charge in [0.25, 0.3) is 0 Å². The zero-order chi connectivity index (χ0) is 9.68. The highest BCUT2D eigenvalue weighted by Gasteiger charge is 2.03. The van der Waals surface area contributed by atoms with Gasteiger partial charge in [0.2, 0.25) is 0 Å². The van der Waals surface area contributed by atoms with E-state index in [0.29, 0.717) is 10.9 Å². The van der Waals surface area contributed by atoms with Crippen LogP contribution >= 0.6 is 23.1 Å². The molecule has 0 bridgehead atoms. The fourth-order valence-corrected chi connectivity index (χ4v) is 2.50. The average molecular weight is 215 g/mol. The van der Waals surface area contributed by atoms with Crippen molar-refractivity contribution >= 4 is 29.4 Å². The fraction of sp³-hybridized carbons (Fsp3) is 0.556. The van der Waals surface area contributed by atoms with Crippen LogP contribution in [-0.2, 0) is 5.75 Å². The molecule has 0 aliphatic heterocycles. The third-order valence-corrected chi connectivity index (χ3v) is 4.15. The maximum Gasteiger partial charge on any atom is 0.169 e. The predicted molar refractivity (Wildman–Crippen MR) is 58.5 cm³/mol. The summed E-state index contributed by atoms with van der Waals surface area (Å²) in [7, 11) is 0. The Kier molecular flexibility index (Phi) is 4.45. The van der Waals surface area contributed by atoms with Gasteiger partial charge in [-0.25, -0.2) is 4.98 Å². The van der Waals surface area contributed by atoms with E-state index in [1.165, 1.54) is 6.42 Å². The highest BCUT2D eigenvalue weighted by molar-refractivity contribution is 7.99. The molecule has 0 aliphatic carbocycles. The molecule has 1 aromatic heterocycles. The van der Waals surface area contributed by atoms with E-state index in [9.17, 15) is 4.79 Å². The van der Waals surface area contributed by atoms with Crippen molar-refractivity contribution in [3.63, 3.8) is 0 Å². The molecule has 0 aromatic carbocycles. The van der Waals surface area contributed by atoms with E-state index < -0.39 is 0 Å². The predicted octanol–water partition coefficient (Wildman–Crippen LogP) is 2.99. The number of rotatable bonds is 5. The Labute approximate surface area is 86.8 Å². The van der Waals surface area contributed by atoms with Gasteiger partial charge < -0.3 is 0 Å². The van der Waals surface area contributed by atoms with Crippen LogP contribution in [0.2, 0.25) is 0 Å². The van der Waals surface area contributed by atoms with Crippen LogP contribution in [0.3, 0.4) is 0 Å². The maximum atomic E-state index is 10.4. The molecule has 2 nitrogen and oxygen atoms in total. The van der Waals surface area contributed by atoms with Crippen molar-refractivity contribution < 1.29 is 4.79 Å². The summed E-state index contributed by atoms with van der Waals surface area (Å²) in [5, 5.41) is 3.52. The van der Waals surface area contributed by atoms with Crippen molar-refractivity contribution in [2.45, 2.75) is 31.3 Å². The molecule has 1 aromatic rings. The number of nitrogens with zero attached hydrogens (tertiary/aromatic N) is 1. The van der Waals surface area contributed by atoms with Crippen LogP contribution in [0.1, 0.15) is 35.8 Å². The lowest BCUT2D eigenvalue weighted by molar-refractivity contribution is 0.111. The van der Waals surface area contributed by atoms with Crippen molar-refractivity contribution in [3.8, 4) is 0 Å². The Morgan fingerprint density at radius 2 is 2.54 bits per heavy atom. The first-order valence-corrected chi connectivity index (χ1v) is 6.20. The van der Waals surface area contributed by atoms with E-state index in [-0.39, 0.29) is 0 Å². The van der Waals surface area contributed by atoms with Crippen molar-refractivity contribution in [2.24, 2.45) is 0 Å². The van der Waals surface area contributed by atoms with E-state index in [4.69, 9.17) is 0 Å². The summed E-state index contributed by atoms with van der Waals surface area (Å²) >= 11 is 3.45. The SMILES string of the molecule is CCC(C)SCc1nc(C=O)cs1. The summed E-state index contributed by atoms with van der Waals surface area (Å²) in [4.78, 5) is 14.5. The number of aldehydes is 1. The number of thiazole rings is 1. The van der Waals surface area contributed by atoms with Crippen molar-refractivity contribution in [1.29, 1.82) is 0 Å². The zero-order valence-corrected chi connectivity index (χ0v) is 9.45. The number of hydrogen-bond acceptors (Lipinski definition) is 4. The van der Waals surface area contributed by atoms with Gasteiger partial charge in [0.15, 0.2) is 6.29 Å². The molecule has 0 saturated carbocycles. The number of thioether (sulfide) groups is 1. The highest BCUT2D eigenvalue weighted by atomic mass is 32.2. The summed E-state index contributed by atoms with van der Waals surface area (Å²) in [6.45, 7) is 4.38. The van der Waals surface area contributed by atoms with E-state index in [0.717, 1.165) is 17.0 Å². The van der Waals surface area contributed by atoms with Crippen LogP contribution in [-0.4, -0.2) is 16.5 Å². The summed E-state index contributed by atoms with van der Waals surface area (Å²) in [6.07, 6.45) is 1.98. The van der Waals surface area contributed by atoms with Crippen LogP contribution in [0.5, 0.6) is 0 Å². The summed E-state index contributed by atoms with van der Waals surface area (Å²) in [5.41, 5.74) is 0.560. The van der Waals surface area contributed by atoms with Crippen molar-refractivity contribution in [3.05, 3.63) is 16.1 Å². The molecular weight excluding hydrogens is 202 g/mol. The van der Waals surface area contributed by atoms with Gasteiger partial charge in [-0.05, 0) is 6.42 Å². The second-order valence-electron chi connectivity index (χ2n) is 2.81. The summed E-state index contributed by atoms with van der Waals surface area (Å²) < 4.78 is 0. The van der Waals surface area contributed by atoms with Gasteiger partial charge in [0.05, 0.1) is 0 Å². The quantitative estimate of drug-likeness (QED) is 0.707. The number of aromatic nitrogens is 1. The largest absolute Gasteiger partial charge is 0.296 e.